The predicted octanol–water partition coefficient (Wildman–Crippen LogP) is 6.10. The Kier molecular flexibility index (Phi) is 7.69. The standard InChI is InChI=1S/C32H34N6O3/c1-39-26-11-7-10-23(18-26)30-35-31(34-24-12-13-28(40-2)29(19-24)41-3)27-20-33-38(32(27)36-30)25-14-16-37(17-15-25)21-22-8-5-4-6-9-22/h4-13,18-20,25H,14-17,21H2,1-3H3,(H,34,35,36). The van der Waals surface area contributed by atoms with Gasteiger partial charge in [-0.25, -0.2) is 14.6 Å². The van der Waals surface area contributed by atoms with Crippen LogP contribution in [0.4, 0.5) is 11.5 Å². The first-order valence-electron chi connectivity index (χ1n) is 13.8. The second kappa shape index (κ2) is 11.9. The van der Waals surface area contributed by atoms with Crippen molar-refractivity contribution in [3.63, 3.8) is 0 Å². The third-order valence-corrected chi connectivity index (χ3v) is 7.58. The monoisotopic (exact) mass is 550 g/mol. The Bertz CT molecular complexity index is 1630. The number of nitrogens with zero attached hydrogens (tertiary/aromatic N) is 5. The number of ether oxygens (including phenoxy) is 3. The van der Waals surface area contributed by atoms with Gasteiger partial charge in [0, 0.05) is 37.0 Å². The minimum absolute atomic E-state index is 0.251. The van der Waals surface area contributed by atoms with E-state index in [1.54, 1.807) is 21.3 Å². The van der Waals surface area contributed by atoms with Crippen LogP contribution >= 0.6 is 0 Å². The molecule has 1 saturated heterocycles. The number of piperidine rings is 1. The summed E-state index contributed by atoms with van der Waals surface area (Å²) in [5, 5.41) is 9.19. The molecule has 1 aliphatic rings. The molecule has 9 nitrogen and oxygen atoms in total. The third kappa shape index (κ3) is 5.67. The van der Waals surface area contributed by atoms with E-state index in [1.807, 2.05) is 48.7 Å². The first-order valence-corrected chi connectivity index (χ1v) is 13.8. The molecule has 3 heterocycles. The first-order chi connectivity index (χ1) is 20.1. The molecule has 0 aliphatic carbocycles. The van der Waals surface area contributed by atoms with E-state index in [4.69, 9.17) is 29.3 Å². The molecule has 9 heteroatoms. The van der Waals surface area contributed by atoms with Crippen LogP contribution < -0.4 is 19.5 Å². The predicted molar refractivity (Wildman–Crippen MR) is 160 cm³/mol. The summed E-state index contributed by atoms with van der Waals surface area (Å²) in [4.78, 5) is 12.5. The summed E-state index contributed by atoms with van der Waals surface area (Å²) in [5.74, 6) is 3.32. The Morgan fingerprint density at radius 1 is 0.829 bits per heavy atom. The molecule has 0 unspecified atom stereocenters. The van der Waals surface area contributed by atoms with Crippen LogP contribution in [0.3, 0.4) is 0 Å². The zero-order valence-corrected chi connectivity index (χ0v) is 23.6. The van der Waals surface area contributed by atoms with Crippen molar-refractivity contribution in [2.45, 2.75) is 25.4 Å². The minimum Gasteiger partial charge on any atom is -0.497 e. The molecule has 210 valence electrons. The first kappa shape index (κ1) is 26.6. The molecule has 0 spiro atoms. The maximum Gasteiger partial charge on any atom is 0.164 e. The average molecular weight is 551 g/mol. The molecule has 0 radical (unpaired) electrons. The molecule has 5 aromatic rings. The van der Waals surface area contributed by atoms with Crippen LogP contribution in [0.5, 0.6) is 17.2 Å². The Morgan fingerprint density at radius 2 is 1.63 bits per heavy atom. The van der Waals surface area contributed by atoms with Gasteiger partial charge in [-0.1, -0.05) is 42.5 Å². The number of rotatable bonds is 9. The number of benzene rings is 3. The lowest BCUT2D eigenvalue weighted by Crippen LogP contribution is -2.34. The van der Waals surface area contributed by atoms with Crippen molar-refractivity contribution in [1.82, 2.24) is 24.6 Å². The van der Waals surface area contributed by atoms with Gasteiger partial charge in [0.1, 0.15) is 11.6 Å². The third-order valence-electron chi connectivity index (χ3n) is 7.58. The van der Waals surface area contributed by atoms with E-state index in [0.29, 0.717) is 23.1 Å². The summed E-state index contributed by atoms with van der Waals surface area (Å²) >= 11 is 0. The van der Waals surface area contributed by atoms with Crippen LogP contribution in [-0.4, -0.2) is 59.1 Å². The Hall–Kier alpha value is -4.63. The molecule has 6 rings (SSSR count). The highest BCUT2D eigenvalue weighted by Crippen LogP contribution is 2.35. The van der Waals surface area contributed by atoms with Crippen molar-refractivity contribution >= 4 is 22.5 Å². The highest BCUT2D eigenvalue weighted by molar-refractivity contribution is 5.90. The molecule has 1 fully saturated rings. The normalized spacial score (nSPS) is 14.2. The fourth-order valence-corrected chi connectivity index (χ4v) is 5.39. The number of fused-ring (bicyclic) bond motifs is 1. The van der Waals surface area contributed by atoms with Crippen LogP contribution in [0.25, 0.3) is 22.4 Å². The van der Waals surface area contributed by atoms with Gasteiger partial charge in [-0.3, -0.25) is 4.90 Å². The highest BCUT2D eigenvalue weighted by atomic mass is 16.5. The van der Waals surface area contributed by atoms with E-state index >= 15 is 0 Å². The summed E-state index contributed by atoms with van der Waals surface area (Å²) < 4.78 is 18.5. The number of hydrogen-bond donors (Lipinski definition) is 1. The molecule has 0 amide bonds. The SMILES string of the molecule is COc1cccc(-c2nc(Nc3ccc(OC)c(OC)c3)c3cnn(C4CCN(Cc5ccccc5)CC4)c3n2)c1. The van der Waals surface area contributed by atoms with Gasteiger partial charge in [-0.05, 0) is 42.7 Å². The molecule has 3 aromatic carbocycles. The van der Waals surface area contributed by atoms with Gasteiger partial charge in [0.05, 0.1) is 39.0 Å². The topological polar surface area (TPSA) is 86.6 Å². The molecular formula is C32H34N6O3. The fraction of sp³-hybridized carbons (Fsp3) is 0.281. The van der Waals surface area contributed by atoms with E-state index < -0.39 is 0 Å². The minimum atomic E-state index is 0.251. The molecule has 41 heavy (non-hydrogen) atoms. The second-order valence-corrected chi connectivity index (χ2v) is 10.1. The summed E-state index contributed by atoms with van der Waals surface area (Å²) in [5.41, 5.74) is 3.84. The van der Waals surface area contributed by atoms with E-state index in [2.05, 4.69) is 45.2 Å². The molecular weight excluding hydrogens is 516 g/mol. The van der Waals surface area contributed by atoms with Gasteiger partial charge < -0.3 is 19.5 Å². The van der Waals surface area contributed by atoms with E-state index in [1.165, 1.54) is 5.56 Å². The van der Waals surface area contributed by atoms with Crippen molar-refractivity contribution in [2.75, 3.05) is 39.7 Å². The maximum atomic E-state index is 5.52. The maximum absolute atomic E-state index is 5.52. The summed E-state index contributed by atoms with van der Waals surface area (Å²) in [6.45, 7) is 2.98. The smallest absolute Gasteiger partial charge is 0.164 e. The molecule has 1 N–H and O–H groups in total. The molecule has 0 atom stereocenters. The molecule has 2 aromatic heterocycles. The number of methoxy groups -OCH3 is 3. The zero-order chi connectivity index (χ0) is 28.2. The van der Waals surface area contributed by atoms with Crippen molar-refractivity contribution in [3.8, 4) is 28.6 Å². The lowest BCUT2D eigenvalue weighted by molar-refractivity contribution is 0.175. The van der Waals surface area contributed by atoms with Crippen LogP contribution in [0, 0.1) is 0 Å². The summed E-state index contributed by atoms with van der Waals surface area (Å²) in [7, 11) is 4.91. The highest BCUT2D eigenvalue weighted by Gasteiger charge is 2.25. The van der Waals surface area contributed by atoms with Crippen LogP contribution in [0.1, 0.15) is 24.4 Å². The summed E-state index contributed by atoms with van der Waals surface area (Å²) in [6, 6.07) is 24.4. The second-order valence-electron chi connectivity index (χ2n) is 10.1. The van der Waals surface area contributed by atoms with Gasteiger partial charge in [0.25, 0.3) is 0 Å². The number of nitrogens with one attached hydrogen (secondary N) is 1. The Balaban J connectivity index is 1.34. The van der Waals surface area contributed by atoms with Crippen LogP contribution in [0.2, 0.25) is 0 Å². The van der Waals surface area contributed by atoms with Gasteiger partial charge in [0.2, 0.25) is 0 Å². The number of aromatic nitrogens is 4. The van der Waals surface area contributed by atoms with Gasteiger partial charge in [-0.15, -0.1) is 0 Å². The lowest BCUT2D eigenvalue weighted by Gasteiger charge is -2.32. The number of likely N-dealkylation sites (tertiary alicyclic amines) is 1. The van der Waals surface area contributed by atoms with E-state index in [0.717, 1.165) is 60.5 Å². The van der Waals surface area contributed by atoms with Crippen molar-refractivity contribution < 1.29 is 14.2 Å². The summed E-state index contributed by atoms with van der Waals surface area (Å²) in [6.07, 6.45) is 3.87. The quantitative estimate of drug-likeness (QED) is 0.236. The Morgan fingerprint density at radius 3 is 2.39 bits per heavy atom. The molecule has 0 saturated carbocycles. The molecule has 1 aliphatic heterocycles. The Labute approximate surface area is 239 Å². The number of anilines is 2. The zero-order valence-electron chi connectivity index (χ0n) is 23.6. The van der Waals surface area contributed by atoms with Crippen LogP contribution in [-0.2, 0) is 6.54 Å². The average Bonchev–Trinajstić information content (AvgIpc) is 3.46. The number of hydrogen-bond acceptors (Lipinski definition) is 8. The van der Waals surface area contributed by atoms with Crippen LogP contribution in [0.15, 0.2) is 79.0 Å². The van der Waals surface area contributed by atoms with Gasteiger partial charge >= 0.3 is 0 Å². The van der Waals surface area contributed by atoms with Gasteiger partial charge in [0.15, 0.2) is 23.0 Å². The molecule has 0 bridgehead atoms. The van der Waals surface area contributed by atoms with Crippen molar-refractivity contribution in [2.24, 2.45) is 0 Å². The van der Waals surface area contributed by atoms with E-state index in [-0.39, 0.29) is 6.04 Å². The fourth-order valence-electron chi connectivity index (χ4n) is 5.39. The van der Waals surface area contributed by atoms with E-state index in [9.17, 15) is 0 Å². The largest absolute Gasteiger partial charge is 0.497 e. The van der Waals surface area contributed by atoms with Gasteiger partial charge in [-0.2, -0.15) is 5.10 Å². The van der Waals surface area contributed by atoms with Crippen molar-refractivity contribution in [3.05, 3.63) is 84.6 Å². The lowest BCUT2D eigenvalue weighted by atomic mass is 10.0. The van der Waals surface area contributed by atoms with Crippen molar-refractivity contribution in [1.29, 1.82) is 0 Å².